The van der Waals surface area contributed by atoms with Crippen LogP contribution in [0.2, 0.25) is 0 Å². The van der Waals surface area contributed by atoms with Crippen molar-refractivity contribution in [1.29, 1.82) is 0 Å². The van der Waals surface area contributed by atoms with Gasteiger partial charge in [0.05, 0.1) is 25.6 Å². The quantitative estimate of drug-likeness (QED) is 0.508. The first-order chi connectivity index (χ1) is 15.0. The fraction of sp³-hybridized carbons (Fsp3) is 0.273. The molecule has 4 rings (SSSR count). The Kier molecular flexibility index (Phi) is 5.45. The van der Waals surface area contributed by atoms with Crippen molar-refractivity contribution in [1.82, 2.24) is 24.6 Å². The number of ether oxygens (including phenoxy) is 2. The van der Waals surface area contributed by atoms with Gasteiger partial charge in [0.2, 0.25) is 5.91 Å². The molecular formula is C22H22N6O3. The summed E-state index contributed by atoms with van der Waals surface area (Å²) >= 11 is 0. The molecule has 0 spiro atoms. The van der Waals surface area contributed by atoms with Gasteiger partial charge >= 0.3 is 0 Å². The summed E-state index contributed by atoms with van der Waals surface area (Å²) < 4.78 is 12.4. The highest BCUT2D eigenvalue weighted by Crippen LogP contribution is 2.28. The molecule has 9 nitrogen and oxygen atoms in total. The van der Waals surface area contributed by atoms with Crippen LogP contribution in [0.4, 0.5) is 5.82 Å². The molecule has 0 bridgehead atoms. The SMILES string of the molecule is CC=CC(=O)N1CC(n2nc(C#Cc3cc(OC)cc(OC)c3)c3c(N)ncnc32)C1. The van der Waals surface area contributed by atoms with Gasteiger partial charge in [-0.1, -0.05) is 12.0 Å². The summed E-state index contributed by atoms with van der Waals surface area (Å²) in [7, 11) is 3.17. The van der Waals surface area contributed by atoms with Crippen LogP contribution < -0.4 is 15.2 Å². The molecule has 31 heavy (non-hydrogen) atoms. The number of allylic oxidation sites excluding steroid dienone is 1. The highest BCUT2D eigenvalue weighted by Gasteiger charge is 2.33. The Labute approximate surface area is 179 Å². The van der Waals surface area contributed by atoms with E-state index in [0.717, 1.165) is 0 Å². The molecule has 2 N–H and O–H groups in total. The molecule has 3 heterocycles. The highest BCUT2D eigenvalue weighted by atomic mass is 16.5. The Hall–Kier alpha value is -4.06. The van der Waals surface area contributed by atoms with Crippen molar-refractivity contribution in [2.75, 3.05) is 33.0 Å². The normalized spacial score (nSPS) is 13.7. The van der Waals surface area contributed by atoms with E-state index >= 15 is 0 Å². The molecule has 1 saturated heterocycles. The molecule has 2 aromatic heterocycles. The van der Waals surface area contributed by atoms with Gasteiger partial charge in [0.1, 0.15) is 29.3 Å². The first-order valence-corrected chi connectivity index (χ1v) is 9.69. The third kappa shape index (κ3) is 3.88. The lowest BCUT2D eigenvalue weighted by Crippen LogP contribution is -2.50. The minimum Gasteiger partial charge on any atom is -0.497 e. The molecule has 0 aliphatic carbocycles. The zero-order valence-corrected chi connectivity index (χ0v) is 17.5. The largest absolute Gasteiger partial charge is 0.497 e. The van der Waals surface area contributed by atoms with Crippen molar-refractivity contribution in [3.05, 3.63) is 47.9 Å². The van der Waals surface area contributed by atoms with Gasteiger partial charge in [0, 0.05) is 24.7 Å². The first-order valence-electron chi connectivity index (χ1n) is 9.69. The third-order valence-corrected chi connectivity index (χ3v) is 5.02. The zero-order chi connectivity index (χ0) is 22.0. The minimum atomic E-state index is -0.0173. The van der Waals surface area contributed by atoms with E-state index in [4.69, 9.17) is 15.2 Å². The van der Waals surface area contributed by atoms with Crippen LogP contribution in [0.5, 0.6) is 11.5 Å². The Bertz CT molecular complexity index is 1210. The maximum Gasteiger partial charge on any atom is 0.246 e. The molecule has 1 aliphatic rings. The predicted molar refractivity (Wildman–Crippen MR) is 116 cm³/mol. The summed E-state index contributed by atoms with van der Waals surface area (Å²) in [4.78, 5) is 22.2. The second-order valence-corrected chi connectivity index (χ2v) is 7.00. The van der Waals surface area contributed by atoms with E-state index in [1.165, 1.54) is 6.33 Å². The number of nitrogens with zero attached hydrogens (tertiary/aromatic N) is 5. The lowest BCUT2D eigenvalue weighted by atomic mass is 10.1. The molecule has 1 aromatic carbocycles. The monoisotopic (exact) mass is 418 g/mol. The average Bonchev–Trinajstić information content (AvgIpc) is 3.10. The Balaban J connectivity index is 1.70. The van der Waals surface area contributed by atoms with Gasteiger partial charge < -0.3 is 20.1 Å². The van der Waals surface area contributed by atoms with E-state index in [-0.39, 0.29) is 11.9 Å². The number of methoxy groups -OCH3 is 2. The van der Waals surface area contributed by atoms with Gasteiger partial charge in [-0.2, -0.15) is 5.10 Å². The van der Waals surface area contributed by atoms with Crippen molar-refractivity contribution in [3.63, 3.8) is 0 Å². The Morgan fingerprint density at radius 2 is 1.87 bits per heavy atom. The number of likely N-dealkylation sites (tertiary alicyclic amines) is 1. The molecule has 158 valence electrons. The second kappa shape index (κ2) is 8.36. The van der Waals surface area contributed by atoms with Crippen LogP contribution >= 0.6 is 0 Å². The highest BCUT2D eigenvalue weighted by molar-refractivity contribution is 5.91. The number of benzene rings is 1. The number of hydrogen-bond donors (Lipinski definition) is 1. The van der Waals surface area contributed by atoms with Crippen molar-refractivity contribution >= 4 is 22.8 Å². The number of carbonyl (C=O) groups is 1. The molecule has 1 fully saturated rings. The molecule has 0 unspecified atom stereocenters. The summed E-state index contributed by atoms with van der Waals surface area (Å²) in [5.74, 6) is 7.75. The summed E-state index contributed by atoms with van der Waals surface area (Å²) in [5.41, 5.74) is 7.91. The smallest absolute Gasteiger partial charge is 0.246 e. The molecule has 9 heteroatoms. The lowest BCUT2D eigenvalue weighted by molar-refractivity contribution is -0.131. The molecule has 0 saturated carbocycles. The topological polar surface area (TPSA) is 108 Å². The van der Waals surface area contributed by atoms with Crippen LogP contribution in [0.15, 0.2) is 36.7 Å². The van der Waals surface area contributed by atoms with E-state index in [1.54, 1.807) is 42.0 Å². The summed E-state index contributed by atoms with van der Waals surface area (Å²) in [6, 6.07) is 5.40. The van der Waals surface area contributed by atoms with Gasteiger partial charge in [-0.25, -0.2) is 14.6 Å². The van der Waals surface area contributed by atoms with E-state index in [1.807, 2.05) is 19.1 Å². The summed E-state index contributed by atoms with van der Waals surface area (Å²) in [6.45, 7) is 2.91. The number of fused-ring (bicyclic) bond motifs is 1. The number of hydrogen-bond acceptors (Lipinski definition) is 7. The van der Waals surface area contributed by atoms with Crippen LogP contribution in [-0.2, 0) is 4.79 Å². The average molecular weight is 418 g/mol. The van der Waals surface area contributed by atoms with Crippen LogP contribution in [0.1, 0.15) is 24.2 Å². The number of nitrogens with two attached hydrogens (primary N) is 1. The van der Waals surface area contributed by atoms with Gasteiger partial charge in [0.15, 0.2) is 5.65 Å². The molecule has 1 aliphatic heterocycles. The van der Waals surface area contributed by atoms with E-state index < -0.39 is 0 Å². The third-order valence-electron chi connectivity index (χ3n) is 5.02. The van der Waals surface area contributed by atoms with Crippen LogP contribution in [0.25, 0.3) is 11.0 Å². The van der Waals surface area contributed by atoms with Gasteiger partial charge in [-0.3, -0.25) is 4.79 Å². The number of anilines is 1. The standard InChI is InChI=1S/C22H22N6O3/c1-4-5-19(29)27-11-15(12-27)28-22-20(21(23)24-13-25-22)18(26-28)7-6-14-8-16(30-2)10-17(9-14)31-3/h4-5,8-10,13,15H,11-12H2,1-3H3,(H2,23,24,25). The van der Waals surface area contributed by atoms with Crippen LogP contribution in [0, 0.1) is 11.8 Å². The fourth-order valence-corrected chi connectivity index (χ4v) is 3.39. The zero-order valence-electron chi connectivity index (χ0n) is 17.5. The van der Waals surface area contributed by atoms with Gasteiger partial charge in [0.25, 0.3) is 0 Å². The van der Waals surface area contributed by atoms with Crippen LogP contribution in [0.3, 0.4) is 0 Å². The maximum absolute atomic E-state index is 12.0. The second-order valence-electron chi connectivity index (χ2n) is 7.00. The maximum atomic E-state index is 12.0. The first kappa shape index (κ1) is 20.2. The minimum absolute atomic E-state index is 0.00142. The Morgan fingerprint density at radius 1 is 1.16 bits per heavy atom. The molecule has 1 amide bonds. The summed E-state index contributed by atoms with van der Waals surface area (Å²) in [6.07, 6.45) is 4.69. The number of aromatic nitrogens is 4. The summed E-state index contributed by atoms with van der Waals surface area (Å²) in [5, 5.41) is 5.25. The molecule has 0 atom stereocenters. The van der Waals surface area contributed by atoms with Gasteiger partial charge in [-0.05, 0) is 31.1 Å². The van der Waals surface area contributed by atoms with Crippen molar-refractivity contribution in [3.8, 4) is 23.3 Å². The van der Waals surface area contributed by atoms with E-state index in [0.29, 0.717) is 52.7 Å². The van der Waals surface area contributed by atoms with E-state index in [2.05, 4.69) is 26.9 Å². The lowest BCUT2D eigenvalue weighted by Gasteiger charge is -2.38. The number of nitrogen functional groups attached to an aromatic ring is 1. The van der Waals surface area contributed by atoms with Gasteiger partial charge in [-0.15, -0.1) is 0 Å². The molecule has 3 aromatic rings. The predicted octanol–water partition coefficient (Wildman–Crippen LogP) is 1.78. The molecular weight excluding hydrogens is 396 g/mol. The van der Waals surface area contributed by atoms with Crippen LogP contribution in [-0.4, -0.2) is 57.9 Å². The number of amides is 1. The number of rotatable bonds is 4. The fourth-order valence-electron chi connectivity index (χ4n) is 3.39. The number of carbonyl (C=O) groups excluding carboxylic acids is 1. The Morgan fingerprint density at radius 3 is 2.52 bits per heavy atom. The molecule has 0 radical (unpaired) electrons. The van der Waals surface area contributed by atoms with E-state index in [9.17, 15) is 4.79 Å². The van der Waals surface area contributed by atoms with Crippen molar-refractivity contribution in [2.45, 2.75) is 13.0 Å². The van der Waals surface area contributed by atoms with Crippen molar-refractivity contribution in [2.24, 2.45) is 0 Å². The van der Waals surface area contributed by atoms with Crippen molar-refractivity contribution < 1.29 is 14.3 Å².